The Labute approximate surface area is 136 Å². The third-order valence-electron chi connectivity index (χ3n) is 3.31. The van der Waals surface area contributed by atoms with Crippen molar-refractivity contribution in [2.24, 2.45) is 4.99 Å². The summed E-state index contributed by atoms with van der Waals surface area (Å²) in [5.74, 6) is 2.68. The number of halogens is 1. The van der Waals surface area contributed by atoms with Crippen molar-refractivity contribution in [1.82, 2.24) is 10.6 Å². The largest absolute Gasteiger partial charge is 0.387 e. The van der Waals surface area contributed by atoms with E-state index in [1.165, 1.54) is 0 Å². The summed E-state index contributed by atoms with van der Waals surface area (Å²) in [4.78, 5) is 4.53. The van der Waals surface area contributed by atoms with Gasteiger partial charge in [0, 0.05) is 18.3 Å². The molecule has 1 atom stereocenters. The number of nitrogens with one attached hydrogen (secondary N) is 2. The summed E-state index contributed by atoms with van der Waals surface area (Å²) in [5.41, 5.74) is -0.596. The predicted octanol–water partition coefficient (Wildman–Crippen LogP) is 1.75. The fourth-order valence-corrected chi connectivity index (χ4v) is 3.48. The van der Waals surface area contributed by atoms with Crippen molar-refractivity contribution in [1.29, 1.82) is 0 Å². The molecule has 0 saturated carbocycles. The van der Waals surface area contributed by atoms with Crippen LogP contribution in [0.15, 0.2) is 17.1 Å². The number of rotatable bonds is 4. The zero-order valence-corrected chi connectivity index (χ0v) is 14.5. The summed E-state index contributed by atoms with van der Waals surface area (Å²) in [6.07, 6.45) is 7.37. The van der Waals surface area contributed by atoms with Gasteiger partial charge in [-0.2, -0.15) is 11.8 Å². The maximum atomic E-state index is 10.3. The summed E-state index contributed by atoms with van der Waals surface area (Å²) in [6, 6.07) is 0.454. The summed E-state index contributed by atoms with van der Waals surface area (Å²) in [5, 5.41) is 16.9. The van der Waals surface area contributed by atoms with Crippen LogP contribution in [-0.4, -0.2) is 47.3 Å². The van der Waals surface area contributed by atoms with Gasteiger partial charge >= 0.3 is 0 Å². The van der Waals surface area contributed by atoms with Crippen LogP contribution >= 0.6 is 35.7 Å². The number of thioether (sulfide) groups is 1. The summed E-state index contributed by atoms with van der Waals surface area (Å²) in [7, 11) is 0. The molecule has 0 aromatic rings. The Kier molecular flexibility index (Phi) is 7.53. The van der Waals surface area contributed by atoms with Crippen molar-refractivity contribution < 1.29 is 5.11 Å². The molecule has 3 N–H and O–H groups in total. The lowest BCUT2D eigenvalue weighted by Gasteiger charge is -2.21. The van der Waals surface area contributed by atoms with E-state index in [1.807, 2.05) is 11.8 Å². The highest BCUT2D eigenvalue weighted by Gasteiger charge is 2.31. The van der Waals surface area contributed by atoms with Gasteiger partial charge in [0.2, 0.25) is 0 Å². The molecule has 110 valence electrons. The molecule has 0 amide bonds. The Morgan fingerprint density at radius 2 is 2.21 bits per heavy atom. The molecule has 1 aliphatic carbocycles. The van der Waals surface area contributed by atoms with E-state index in [0.29, 0.717) is 12.6 Å². The molecule has 19 heavy (non-hydrogen) atoms. The lowest BCUT2D eigenvalue weighted by atomic mass is 10.1. The number of aliphatic imine (C=N–C) groups is 1. The first-order valence-corrected chi connectivity index (χ1v) is 7.87. The van der Waals surface area contributed by atoms with Crippen molar-refractivity contribution >= 4 is 41.7 Å². The molecule has 2 aliphatic rings. The molecule has 1 saturated heterocycles. The van der Waals surface area contributed by atoms with Crippen LogP contribution in [0, 0.1) is 0 Å². The van der Waals surface area contributed by atoms with Crippen molar-refractivity contribution in [3.63, 3.8) is 0 Å². The first kappa shape index (κ1) is 17.1. The smallest absolute Gasteiger partial charge is 0.191 e. The van der Waals surface area contributed by atoms with Crippen LogP contribution < -0.4 is 10.6 Å². The monoisotopic (exact) mass is 397 g/mol. The molecule has 1 fully saturated rings. The fraction of sp³-hybridized carbons (Fsp3) is 0.769. The third-order valence-corrected chi connectivity index (χ3v) is 4.54. The summed E-state index contributed by atoms with van der Waals surface area (Å²) >= 11 is 1.81. The average molecular weight is 397 g/mol. The molecule has 0 aromatic carbocycles. The lowest BCUT2D eigenvalue weighted by Crippen LogP contribution is -2.44. The molecule has 4 nitrogen and oxygen atoms in total. The van der Waals surface area contributed by atoms with Gasteiger partial charge in [-0.1, -0.05) is 12.2 Å². The maximum Gasteiger partial charge on any atom is 0.191 e. The van der Waals surface area contributed by atoms with Crippen LogP contribution in [-0.2, 0) is 0 Å². The van der Waals surface area contributed by atoms with E-state index in [-0.39, 0.29) is 24.0 Å². The molecule has 1 heterocycles. The van der Waals surface area contributed by atoms with Crippen molar-refractivity contribution in [2.75, 3.05) is 24.6 Å². The van der Waals surface area contributed by atoms with Crippen molar-refractivity contribution in [3.8, 4) is 0 Å². The summed E-state index contributed by atoms with van der Waals surface area (Å²) < 4.78 is 0. The highest BCUT2D eigenvalue weighted by atomic mass is 127. The van der Waals surface area contributed by atoms with Gasteiger partial charge in [-0.25, -0.2) is 0 Å². The molecule has 0 bridgehead atoms. The van der Waals surface area contributed by atoms with Gasteiger partial charge in [0.05, 0.1) is 12.1 Å². The average Bonchev–Trinajstić information content (AvgIpc) is 2.99. The third kappa shape index (κ3) is 5.51. The van der Waals surface area contributed by atoms with Crippen LogP contribution in [0.1, 0.15) is 26.2 Å². The fourth-order valence-electron chi connectivity index (χ4n) is 2.20. The van der Waals surface area contributed by atoms with Crippen molar-refractivity contribution in [2.45, 2.75) is 37.8 Å². The topological polar surface area (TPSA) is 56.7 Å². The number of guanidine groups is 1. The Morgan fingerprint density at radius 1 is 1.47 bits per heavy atom. The normalized spacial score (nSPS) is 27.4. The minimum Gasteiger partial charge on any atom is -0.387 e. The Morgan fingerprint density at radius 3 is 2.79 bits per heavy atom. The highest BCUT2D eigenvalue weighted by Crippen LogP contribution is 2.27. The molecular formula is C13H24IN3OS. The van der Waals surface area contributed by atoms with Gasteiger partial charge < -0.3 is 15.7 Å². The zero-order chi connectivity index (χ0) is 12.8. The standard InChI is InChI=1S/C13H23N3OS.HI/c1-2-14-12(16-11-5-3-4-6-11)15-9-13(17)7-8-18-10-13;/h3-4,11,17H,2,5-10H2,1H3,(H2,14,15,16);1H. The van der Waals surface area contributed by atoms with Crippen LogP contribution in [0.4, 0.5) is 0 Å². The van der Waals surface area contributed by atoms with E-state index < -0.39 is 5.60 Å². The van der Waals surface area contributed by atoms with Crippen LogP contribution in [0.3, 0.4) is 0 Å². The van der Waals surface area contributed by atoms with Crippen molar-refractivity contribution in [3.05, 3.63) is 12.2 Å². The van der Waals surface area contributed by atoms with Gasteiger partial charge in [0.1, 0.15) is 0 Å². The molecule has 0 aromatic heterocycles. The van der Waals surface area contributed by atoms with Gasteiger partial charge in [0.25, 0.3) is 0 Å². The molecule has 6 heteroatoms. The van der Waals surface area contributed by atoms with E-state index in [1.54, 1.807) is 0 Å². The Hall–Kier alpha value is 0.0500. The van der Waals surface area contributed by atoms with E-state index in [4.69, 9.17) is 0 Å². The predicted molar refractivity (Wildman–Crippen MR) is 93.6 cm³/mol. The quantitative estimate of drug-likeness (QED) is 0.293. The molecule has 2 rings (SSSR count). The lowest BCUT2D eigenvalue weighted by molar-refractivity contribution is 0.0778. The maximum absolute atomic E-state index is 10.3. The highest BCUT2D eigenvalue weighted by molar-refractivity contribution is 14.0. The number of nitrogens with zero attached hydrogens (tertiary/aromatic N) is 1. The molecule has 1 unspecified atom stereocenters. The second-order valence-corrected chi connectivity index (χ2v) is 6.11. The van der Waals surface area contributed by atoms with Crippen LogP contribution in [0.5, 0.6) is 0 Å². The first-order valence-electron chi connectivity index (χ1n) is 6.72. The minimum atomic E-state index is -0.596. The number of hydrogen-bond acceptors (Lipinski definition) is 3. The molecule has 1 aliphatic heterocycles. The molecule has 0 radical (unpaired) electrons. The van der Waals surface area contributed by atoms with E-state index >= 15 is 0 Å². The molecular weight excluding hydrogens is 373 g/mol. The molecule has 0 spiro atoms. The zero-order valence-electron chi connectivity index (χ0n) is 11.4. The Bertz CT molecular complexity index is 322. The van der Waals surface area contributed by atoms with E-state index in [9.17, 15) is 5.11 Å². The Balaban J connectivity index is 0.00000180. The van der Waals surface area contributed by atoms with Gasteiger partial charge in [-0.15, -0.1) is 24.0 Å². The first-order chi connectivity index (χ1) is 8.72. The SMILES string of the molecule is CCNC(=NCC1(O)CCSC1)NC1CC=CC1.I. The number of hydrogen-bond donors (Lipinski definition) is 3. The van der Waals surface area contributed by atoms with Crippen LogP contribution in [0.25, 0.3) is 0 Å². The van der Waals surface area contributed by atoms with Gasteiger partial charge in [-0.05, 0) is 31.9 Å². The van der Waals surface area contributed by atoms with Gasteiger partial charge in [0.15, 0.2) is 5.96 Å². The van der Waals surface area contributed by atoms with E-state index in [0.717, 1.165) is 43.3 Å². The second-order valence-electron chi connectivity index (χ2n) is 5.01. The van der Waals surface area contributed by atoms with Crippen LogP contribution in [0.2, 0.25) is 0 Å². The minimum absolute atomic E-state index is 0. The second kappa shape index (κ2) is 8.36. The summed E-state index contributed by atoms with van der Waals surface area (Å²) in [6.45, 7) is 3.40. The van der Waals surface area contributed by atoms with Gasteiger partial charge in [-0.3, -0.25) is 4.99 Å². The number of aliphatic hydroxyl groups is 1. The van der Waals surface area contributed by atoms with E-state index in [2.05, 4.69) is 34.7 Å².